The number of ether oxygens (including phenoxy) is 1. The Kier molecular flexibility index (Phi) is 6.80. The van der Waals surface area contributed by atoms with Gasteiger partial charge in [-0.15, -0.1) is 0 Å². The fourth-order valence-corrected chi connectivity index (χ4v) is 4.63. The second kappa shape index (κ2) is 9.73. The zero-order valence-corrected chi connectivity index (χ0v) is 18.6. The van der Waals surface area contributed by atoms with Crippen LogP contribution in [0.3, 0.4) is 0 Å². The number of rotatable bonds is 6. The first-order chi connectivity index (χ1) is 15.0. The summed E-state index contributed by atoms with van der Waals surface area (Å²) < 4.78 is 5.75. The molecule has 2 aliphatic heterocycles. The van der Waals surface area contributed by atoms with Gasteiger partial charge in [-0.05, 0) is 43.5 Å². The summed E-state index contributed by atoms with van der Waals surface area (Å²) >= 11 is 5.98. The van der Waals surface area contributed by atoms with Crippen LogP contribution in [0.25, 0.3) is 0 Å². The first-order valence-corrected chi connectivity index (χ1v) is 11.3. The van der Waals surface area contributed by atoms with Crippen molar-refractivity contribution < 1.29 is 14.3 Å². The van der Waals surface area contributed by atoms with E-state index in [0.29, 0.717) is 24.7 Å². The molecule has 2 fully saturated rings. The van der Waals surface area contributed by atoms with Gasteiger partial charge in [0.2, 0.25) is 11.8 Å². The molecule has 1 N–H and O–H groups in total. The van der Waals surface area contributed by atoms with E-state index in [2.05, 4.69) is 16.3 Å². The third-order valence-corrected chi connectivity index (χ3v) is 6.53. The fourth-order valence-electron chi connectivity index (χ4n) is 4.45. The van der Waals surface area contributed by atoms with Crippen LogP contribution < -0.4 is 4.74 Å². The van der Waals surface area contributed by atoms with Gasteiger partial charge in [0.25, 0.3) is 0 Å². The highest BCUT2D eigenvalue weighted by molar-refractivity contribution is 6.30. The lowest BCUT2D eigenvalue weighted by molar-refractivity contribution is -0.139. The van der Waals surface area contributed by atoms with E-state index in [9.17, 15) is 9.59 Å². The van der Waals surface area contributed by atoms with Crippen LogP contribution in [0.2, 0.25) is 5.02 Å². The number of nitrogens with zero attached hydrogens (tertiary/aromatic N) is 3. The Morgan fingerprint density at radius 1 is 1.16 bits per heavy atom. The summed E-state index contributed by atoms with van der Waals surface area (Å²) in [5, 5.41) is 8.25. The monoisotopic (exact) mass is 444 g/mol. The molecule has 0 aliphatic carbocycles. The number of carbonyl (C=O) groups is 2. The predicted molar refractivity (Wildman–Crippen MR) is 118 cm³/mol. The third-order valence-electron chi connectivity index (χ3n) is 6.29. The van der Waals surface area contributed by atoms with Crippen molar-refractivity contribution in [3.05, 3.63) is 46.7 Å². The number of likely N-dealkylation sites (tertiary alicyclic amines) is 2. The molecule has 1 unspecified atom stereocenters. The summed E-state index contributed by atoms with van der Waals surface area (Å²) in [7, 11) is 0. The average Bonchev–Trinajstić information content (AvgIpc) is 3.43. The Labute approximate surface area is 187 Å². The van der Waals surface area contributed by atoms with Crippen molar-refractivity contribution in [2.24, 2.45) is 5.92 Å². The van der Waals surface area contributed by atoms with E-state index in [1.165, 1.54) is 0 Å². The van der Waals surface area contributed by atoms with Gasteiger partial charge in [0.05, 0.1) is 12.3 Å². The van der Waals surface area contributed by atoms with Gasteiger partial charge in [0.1, 0.15) is 5.75 Å². The highest BCUT2D eigenvalue weighted by Crippen LogP contribution is 2.29. The number of H-pyrrole nitrogens is 1. The molecule has 1 aromatic heterocycles. The number of piperidine rings is 1. The summed E-state index contributed by atoms with van der Waals surface area (Å²) in [6.45, 7) is 4.99. The van der Waals surface area contributed by atoms with Crippen molar-refractivity contribution in [3.8, 4) is 5.75 Å². The molecular weight excluding hydrogens is 416 g/mol. The topological polar surface area (TPSA) is 78.5 Å². The second-order valence-electron chi connectivity index (χ2n) is 8.42. The summed E-state index contributed by atoms with van der Waals surface area (Å²) in [5.41, 5.74) is 2.04. The standard InChI is InChI=1S/C23H29ClN4O3/c1-16(29)27-9-5-17(6-10-27)23(30)28-11-7-18(15-28)22-14-20(25-26-22)8-12-31-21-4-2-3-19(24)13-21/h2-4,13-14,17-18H,5-12,15H2,1H3,(H,25,26). The number of hydrogen-bond acceptors (Lipinski definition) is 4. The molecule has 2 aromatic rings. The van der Waals surface area contributed by atoms with Crippen LogP contribution in [-0.2, 0) is 16.0 Å². The SMILES string of the molecule is CC(=O)N1CCC(C(=O)N2CCC(c3cc(CCOc4cccc(Cl)c4)[nH]n3)C2)CC1. The van der Waals surface area contributed by atoms with Crippen molar-refractivity contribution in [2.75, 3.05) is 32.8 Å². The van der Waals surface area contributed by atoms with Crippen LogP contribution in [0.5, 0.6) is 5.75 Å². The van der Waals surface area contributed by atoms with Gasteiger partial charge in [-0.1, -0.05) is 17.7 Å². The molecule has 1 aromatic carbocycles. The van der Waals surface area contributed by atoms with E-state index in [0.717, 1.165) is 55.9 Å². The molecule has 166 valence electrons. The number of carbonyl (C=O) groups excluding carboxylic acids is 2. The normalized spacial score (nSPS) is 19.6. The maximum Gasteiger partial charge on any atom is 0.225 e. The van der Waals surface area contributed by atoms with E-state index < -0.39 is 0 Å². The number of benzene rings is 1. The summed E-state index contributed by atoms with van der Waals surface area (Å²) in [6.07, 6.45) is 3.18. The van der Waals surface area contributed by atoms with Crippen LogP contribution in [0.15, 0.2) is 30.3 Å². The summed E-state index contributed by atoms with van der Waals surface area (Å²) in [5.74, 6) is 1.38. The number of hydrogen-bond donors (Lipinski definition) is 1. The first-order valence-electron chi connectivity index (χ1n) is 11.0. The van der Waals surface area contributed by atoms with Gasteiger partial charge in [-0.25, -0.2) is 0 Å². The molecule has 7 nitrogen and oxygen atoms in total. The van der Waals surface area contributed by atoms with E-state index in [1.807, 2.05) is 28.0 Å². The van der Waals surface area contributed by atoms with Crippen molar-refractivity contribution >= 4 is 23.4 Å². The first kappa shape index (κ1) is 21.7. The highest BCUT2D eigenvalue weighted by Gasteiger charge is 2.34. The van der Waals surface area contributed by atoms with Crippen LogP contribution in [0.4, 0.5) is 0 Å². The number of nitrogens with one attached hydrogen (secondary N) is 1. The lowest BCUT2D eigenvalue weighted by Gasteiger charge is -2.32. The van der Waals surface area contributed by atoms with E-state index in [1.54, 1.807) is 13.0 Å². The summed E-state index contributed by atoms with van der Waals surface area (Å²) in [4.78, 5) is 28.2. The molecule has 1 atom stereocenters. The van der Waals surface area contributed by atoms with Crippen LogP contribution in [0.1, 0.15) is 43.5 Å². The molecule has 0 saturated carbocycles. The Morgan fingerprint density at radius 2 is 1.94 bits per heavy atom. The Bertz CT molecular complexity index is 923. The number of halogens is 1. The van der Waals surface area contributed by atoms with Crippen molar-refractivity contribution in [1.82, 2.24) is 20.0 Å². The Balaban J connectivity index is 1.24. The third kappa shape index (κ3) is 5.39. The summed E-state index contributed by atoms with van der Waals surface area (Å²) in [6, 6.07) is 9.46. The van der Waals surface area contributed by atoms with Crippen molar-refractivity contribution in [3.63, 3.8) is 0 Å². The molecule has 4 rings (SSSR count). The average molecular weight is 445 g/mol. The maximum atomic E-state index is 12.9. The largest absolute Gasteiger partial charge is 0.493 e. The maximum absolute atomic E-state index is 12.9. The van der Waals surface area contributed by atoms with Crippen molar-refractivity contribution in [2.45, 2.75) is 38.5 Å². The van der Waals surface area contributed by atoms with Gasteiger partial charge in [0.15, 0.2) is 0 Å². The van der Waals surface area contributed by atoms with E-state index in [-0.39, 0.29) is 23.7 Å². The van der Waals surface area contributed by atoms with Gasteiger partial charge in [-0.3, -0.25) is 14.7 Å². The van der Waals surface area contributed by atoms with Crippen LogP contribution in [0, 0.1) is 5.92 Å². The van der Waals surface area contributed by atoms with Gasteiger partial charge in [0, 0.05) is 62.1 Å². The molecule has 0 bridgehead atoms. The molecule has 2 aliphatic rings. The second-order valence-corrected chi connectivity index (χ2v) is 8.86. The number of amides is 2. The Morgan fingerprint density at radius 3 is 2.68 bits per heavy atom. The zero-order chi connectivity index (χ0) is 21.8. The quantitative estimate of drug-likeness (QED) is 0.741. The molecule has 2 amide bonds. The molecular formula is C23H29ClN4O3. The minimum atomic E-state index is 0.0349. The Hall–Kier alpha value is -2.54. The van der Waals surface area contributed by atoms with Crippen LogP contribution in [-0.4, -0.2) is 64.6 Å². The lowest BCUT2D eigenvalue weighted by atomic mass is 9.95. The smallest absolute Gasteiger partial charge is 0.225 e. The molecule has 0 radical (unpaired) electrons. The van der Waals surface area contributed by atoms with Gasteiger partial charge in [-0.2, -0.15) is 5.10 Å². The molecule has 31 heavy (non-hydrogen) atoms. The van der Waals surface area contributed by atoms with E-state index in [4.69, 9.17) is 16.3 Å². The van der Waals surface area contributed by atoms with Gasteiger partial charge < -0.3 is 14.5 Å². The minimum absolute atomic E-state index is 0.0349. The zero-order valence-electron chi connectivity index (χ0n) is 17.8. The van der Waals surface area contributed by atoms with E-state index >= 15 is 0 Å². The fraction of sp³-hybridized carbons (Fsp3) is 0.522. The molecule has 8 heteroatoms. The molecule has 3 heterocycles. The van der Waals surface area contributed by atoms with Gasteiger partial charge >= 0.3 is 0 Å². The minimum Gasteiger partial charge on any atom is -0.493 e. The molecule has 2 saturated heterocycles. The lowest BCUT2D eigenvalue weighted by Crippen LogP contribution is -2.43. The molecule has 0 spiro atoms. The number of aromatic amines is 1. The number of aromatic nitrogens is 2. The highest BCUT2D eigenvalue weighted by atomic mass is 35.5. The van der Waals surface area contributed by atoms with Crippen molar-refractivity contribution in [1.29, 1.82) is 0 Å². The van der Waals surface area contributed by atoms with Crippen LogP contribution >= 0.6 is 11.6 Å². The predicted octanol–water partition coefficient (Wildman–Crippen LogP) is 3.26.